The SMILES string of the molecule is CCCCCCCCCO[Si](CC)(CC)Oc1cc(C)ccc1C. The Bertz CT molecular complexity index is 455. The Morgan fingerprint density at radius 3 is 2.08 bits per heavy atom. The van der Waals surface area contributed by atoms with Crippen molar-refractivity contribution in [3.8, 4) is 5.75 Å². The van der Waals surface area contributed by atoms with Gasteiger partial charge in [-0.15, -0.1) is 0 Å². The molecule has 1 rings (SSSR count). The molecule has 2 nitrogen and oxygen atoms in total. The van der Waals surface area contributed by atoms with Gasteiger partial charge in [-0.2, -0.15) is 0 Å². The first-order valence-electron chi connectivity index (χ1n) is 9.97. The standard InChI is InChI=1S/C21H38O2Si/c1-6-9-10-11-12-13-14-17-22-24(7-2,8-3)23-21-18-19(4)15-16-20(21)5/h15-16,18H,6-14,17H2,1-5H3. The number of aryl methyl sites for hydroxylation is 2. The fraction of sp³-hybridized carbons (Fsp3) is 0.714. The molecule has 138 valence electrons. The van der Waals surface area contributed by atoms with Crippen LogP contribution >= 0.6 is 0 Å². The molecule has 0 atom stereocenters. The molecule has 1 aromatic rings. The van der Waals surface area contributed by atoms with Crippen LogP contribution < -0.4 is 4.43 Å². The Labute approximate surface area is 151 Å². The van der Waals surface area contributed by atoms with E-state index in [1.54, 1.807) is 0 Å². The van der Waals surface area contributed by atoms with E-state index in [1.165, 1.54) is 49.7 Å². The summed E-state index contributed by atoms with van der Waals surface area (Å²) in [6, 6.07) is 8.45. The van der Waals surface area contributed by atoms with E-state index in [0.29, 0.717) is 0 Å². The normalized spacial score (nSPS) is 11.7. The quantitative estimate of drug-likeness (QED) is 0.283. The van der Waals surface area contributed by atoms with Crippen LogP contribution in [0, 0.1) is 13.8 Å². The molecule has 0 radical (unpaired) electrons. The fourth-order valence-electron chi connectivity index (χ4n) is 2.96. The Kier molecular flexibility index (Phi) is 10.4. The van der Waals surface area contributed by atoms with Gasteiger partial charge in [0.1, 0.15) is 5.75 Å². The van der Waals surface area contributed by atoms with Crippen LogP contribution in [0.15, 0.2) is 18.2 Å². The molecule has 0 unspecified atom stereocenters. The second kappa shape index (κ2) is 11.7. The smallest absolute Gasteiger partial charge is 0.398 e. The van der Waals surface area contributed by atoms with E-state index in [-0.39, 0.29) is 0 Å². The fourth-order valence-corrected chi connectivity index (χ4v) is 5.36. The van der Waals surface area contributed by atoms with Gasteiger partial charge in [0, 0.05) is 6.61 Å². The van der Waals surface area contributed by atoms with Gasteiger partial charge >= 0.3 is 8.56 Å². The lowest BCUT2D eigenvalue weighted by Crippen LogP contribution is -2.44. The maximum absolute atomic E-state index is 6.49. The lowest BCUT2D eigenvalue weighted by Gasteiger charge is -2.30. The van der Waals surface area contributed by atoms with Gasteiger partial charge in [-0.3, -0.25) is 0 Å². The molecule has 0 N–H and O–H groups in total. The first-order valence-corrected chi connectivity index (χ1v) is 12.2. The van der Waals surface area contributed by atoms with Crippen LogP contribution in [0.1, 0.15) is 76.8 Å². The number of benzene rings is 1. The molecule has 1 aromatic carbocycles. The van der Waals surface area contributed by atoms with Crippen molar-refractivity contribution in [2.24, 2.45) is 0 Å². The van der Waals surface area contributed by atoms with Gasteiger partial charge in [0.25, 0.3) is 0 Å². The minimum Gasteiger partial charge on any atom is -0.520 e. The van der Waals surface area contributed by atoms with Crippen molar-refractivity contribution < 1.29 is 8.85 Å². The van der Waals surface area contributed by atoms with Crippen LogP contribution in [-0.4, -0.2) is 15.2 Å². The molecular formula is C21H38O2Si. The van der Waals surface area contributed by atoms with Gasteiger partial charge in [0.05, 0.1) is 0 Å². The molecule has 3 heteroatoms. The summed E-state index contributed by atoms with van der Waals surface area (Å²) in [5, 5.41) is 0. The minimum absolute atomic E-state index is 0.854. The largest absolute Gasteiger partial charge is 0.520 e. The highest BCUT2D eigenvalue weighted by atomic mass is 28.4. The summed E-state index contributed by atoms with van der Waals surface area (Å²) in [6.45, 7) is 11.8. The minimum atomic E-state index is -2.12. The summed E-state index contributed by atoms with van der Waals surface area (Å²) >= 11 is 0. The van der Waals surface area contributed by atoms with Crippen LogP contribution in [0.2, 0.25) is 12.1 Å². The molecule has 0 aliphatic carbocycles. The Balaban J connectivity index is 2.45. The first kappa shape index (κ1) is 21.2. The Morgan fingerprint density at radius 1 is 0.833 bits per heavy atom. The lowest BCUT2D eigenvalue weighted by atomic mass is 10.1. The van der Waals surface area contributed by atoms with Gasteiger partial charge in [-0.25, -0.2) is 0 Å². The van der Waals surface area contributed by atoms with E-state index >= 15 is 0 Å². The second-order valence-corrected chi connectivity index (χ2v) is 10.7. The maximum Gasteiger partial charge on any atom is 0.398 e. The van der Waals surface area contributed by atoms with Crippen molar-refractivity contribution >= 4 is 8.56 Å². The molecular weight excluding hydrogens is 312 g/mol. The first-order chi connectivity index (χ1) is 11.6. The van der Waals surface area contributed by atoms with Crippen LogP contribution in [0.5, 0.6) is 5.75 Å². The summed E-state index contributed by atoms with van der Waals surface area (Å²) in [5.41, 5.74) is 2.46. The molecule has 0 bridgehead atoms. The number of rotatable bonds is 13. The van der Waals surface area contributed by atoms with Gasteiger partial charge < -0.3 is 8.85 Å². The predicted molar refractivity (Wildman–Crippen MR) is 107 cm³/mol. The van der Waals surface area contributed by atoms with Gasteiger partial charge in [-0.05, 0) is 49.5 Å². The molecule has 0 aromatic heterocycles. The topological polar surface area (TPSA) is 18.5 Å². The van der Waals surface area contributed by atoms with Crippen LogP contribution in [0.4, 0.5) is 0 Å². The summed E-state index contributed by atoms with van der Waals surface area (Å²) < 4.78 is 12.9. The van der Waals surface area contributed by atoms with Crippen molar-refractivity contribution in [3.63, 3.8) is 0 Å². The predicted octanol–water partition coefficient (Wildman–Crippen LogP) is 6.93. The highest BCUT2D eigenvalue weighted by Crippen LogP contribution is 2.27. The van der Waals surface area contributed by atoms with E-state index in [1.807, 2.05) is 0 Å². The molecule has 0 amide bonds. The maximum atomic E-state index is 6.49. The molecule has 0 aliphatic heterocycles. The molecule has 0 fully saturated rings. The van der Waals surface area contributed by atoms with Crippen molar-refractivity contribution in [2.45, 2.75) is 91.7 Å². The average Bonchev–Trinajstić information content (AvgIpc) is 2.59. The van der Waals surface area contributed by atoms with Gasteiger partial charge in [0.15, 0.2) is 0 Å². The van der Waals surface area contributed by atoms with Crippen LogP contribution in [0.3, 0.4) is 0 Å². The number of unbranched alkanes of at least 4 members (excludes halogenated alkanes) is 6. The van der Waals surface area contributed by atoms with Gasteiger partial charge in [0.2, 0.25) is 0 Å². The van der Waals surface area contributed by atoms with Gasteiger partial charge in [-0.1, -0.05) is 71.4 Å². The zero-order chi connectivity index (χ0) is 17.8. The second-order valence-electron chi connectivity index (χ2n) is 6.96. The summed E-state index contributed by atoms with van der Waals surface area (Å²) in [4.78, 5) is 0. The molecule has 0 heterocycles. The number of hydrogen-bond donors (Lipinski definition) is 0. The highest BCUT2D eigenvalue weighted by Gasteiger charge is 2.36. The van der Waals surface area contributed by atoms with Crippen molar-refractivity contribution in [2.75, 3.05) is 6.61 Å². The molecule has 0 aliphatic rings. The average molecular weight is 351 g/mol. The Hall–Kier alpha value is -0.803. The number of hydrogen-bond acceptors (Lipinski definition) is 2. The van der Waals surface area contributed by atoms with Crippen molar-refractivity contribution in [1.29, 1.82) is 0 Å². The summed E-state index contributed by atoms with van der Waals surface area (Å²) in [5.74, 6) is 1.02. The third-order valence-electron chi connectivity index (χ3n) is 4.83. The molecule has 0 spiro atoms. The van der Waals surface area contributed by atoms with E-state index in [0.717, 1.165) is 30.9 Å². The molecule has 24 heavy (non-hydrogen) atoms. The van der Waals surface area contributed by atoms with E-state index in [2.05, 4.69) is 52.8 Å². The molecule has 0 saturated carbocycles. The molecule has 0 saturated heterocycles. The van der Waals surface area contributed by atoms with Crippen molar-refractivity contribution in [1.82, 2.24) is 0 Å². The summed E-state index contributed by atoms with van der Waals surface area (Å²) in [6.07, 6.45) is 9.24. The van der Waals surface area contributed by atoms with E-state index in [9.17, 15) is 0 Å². The van der Waals surface area contributed by atoms with Crippen LogP contribution in [-0.2, 0) is 4.43 Å². The van der Waals surface area contributed by atoms with E-state index in [4.69, 9.17) is 8.85 Å². The lowest BCUT2D eigenvalue weighted by molar-refractivity contribution is 0.230. The zero-order valence-electron chi connectivity index (χ0n) is 16.6. The third kappa shape index (κ3) is 7.39. The highest BCUT2D eigenvalue weighted by molar-refractivity contribution is 6.68. The zero-order valence-corrected chi connectivity index (χ0v) is 17.6. The van der Waals surface area contributed by atoms with Crippen LogP contribution in [0.25, 0.3) is 0 Å². The van der Waals surface area contributed by atoms with Crippen molar-refractivity contribution in [3.05, 3.63) is 29.3 Å². The summed E-state index contributed by atoms with van der Waals surface area (Å²) in [7, 11) is -2.12. The Morgan fingerprint density at radius 2 is 1.46 bits per heavy atom. The monoisotopic (exact) mass is 350 g/mol. The third-order valence-corrected chi connectivity index (χ3v) is 8.31. The van der Waals surface area contributed by atoms with E-state index < -0.39 is 8.56 Å².